The summed E-state index contributed by atoms with van der Waals surface area (Å²) in [5.41, 5.74) is 0.557. The Balaban J connectivity index is 2.13. The van der Waals surface area contributed by atoms with Crippen LogP contribution in [-0.2, 0) is 14.8 Å². The van der Waals surface area contributed by atoms with Crippen molar-refractivity contribution >= 4 is 43.2 Å². The largest absolute Gasteiger partial charge is 0.414 e. The van der Waals surface area contributed by atoms with Gasteiger partial charge >= 0.3 is 4.94 Å². The van der Waals surface area contributed by atoms with E-state index in [9.17, 15) is 18.0 Å². The third-order valence-corrected chi connectivity index (χ3v) is 6.35. The monoisotopic (exact) mass is 391 g/mol. The van der Waals surface area contributed by atoms with Crippen LogP contribution >= 0.6 is 11.3 Å². The van der Waals surface area contributed by atoms with Gasteiger partial charge in [-0.3, -0.25) is 4.79 Å². The van der Waals surface area contributed by atoms with Gasteiger partial charge in [0, 0.05) is 6.42 Å². The first kappa shape index (κ1) is 18.3. The van der Waals surface area contributed by atoms with E-state index in [0.29, 0.717) is 16.7 Å². The molecule has 0 spiro atoms. The highest BCUT2D eigenvalue weighted by Gasteiger charge is 2.30. The van der Waals surface area contributed by atoms with Crippen LogP contribution in [0.4, 0.5) is 5.69 Å². The van der Waals surface area contributed by atoms with Gasteiger partial charge in [-0.2, -0.15) is 0 Å². The van der Waals surface area contributed by atoms with E-state index >= 15 is 0 Å². The number of carbonyl (C=O) groups is 1. The van der Waals surface area contributed by atoms with Gasteiger partial charge in [0.2, 0.25) is 5.91 Å². The zero-order valence-corrected chi connectivity index (χ0v) is 15.7. The van der Waals surface area contributed by atoms with Gasteiger partial charge in [-0.15, -0.1) is 0 Å². The van der Waals surface area contributed by atoms with E-state index in [2.05, 4.69) is 0 Å². The minimum Gasteiger partial charge on any atom is -0.414 e. The van der Waals surface area contributed by atoms with Gasteiger partial charge < -0.3 is 4.42 Å². The summed E-state index contributed by atoms with van der Waals surface area (Å²) in [6.07, 6.45) is 1.47. The standard InChI is InChI=1S/C18H17NO5S2/c1-2-3-9-17(20)19(26(22,23)14-7-5-4-6-8-14)13-10-11-15-16(12-13)25-18(21)24-15/h4-8,10-12H,2-3,9H2,1H3. The van der Waals surface area contributed by atoms with Crippen molar-refractivity contribution in [1.29, 1.82) is 0 Å². The topological polar surface area (TPSA) is 84.7 Å². The van der Waals surface area contributed by atoms with Gasteiger partial charge in [-0.25, -0.2) is 17.5 Å². The maximum atomic E-state index is 13.1. The molecule has 0 aliphatic heterocycles. The lowest BCUT2D eigenvalue weighted by atomic mass is 10.2. The molecule has 1 amide bonds. The number of sulfonamides is 1. The highest BCUT2D eigenvalue weighted by molar-refractivity contribution is 7.93. The van der Waals surface area contributed by atoms with Crippen molar-refractivity contribution in [3.63, 3.8) is 0 Å². The number of unbranched alkanes of at least 4 members (excludes halogenated alkanes) is 1. The third kappa shape index (κ3) is 3.56. The molecule has 0 unspecified atom stereocenters. The van der Waals surface area contributed by atoms with Crippen molar-refractivity contribution in [3.8, 4) is 0 Å². The van der Waals surface area contributed by atoms with Gasteiger partial charge in [-0.1, -0.05) is 42.9 Å². The van der Waals surface area contributed by atoms with E-state index in [4.69, 9.17) is 4.42 Å². The fraction of sp³-hybridized carbons (Fsp3) is 0.222. The number of amides is 1. The van der Waals surface area contributed by atoms with E-state index in [-0.39, 0.29) is 17.0 Å². The van der Waals surface area contributed by atoms with Crippen LogP contribution in [0, 0.1) is 0 Å². The summed E-state index contributed by atoms with van der Waals surface area (Å²) in [5.74, 6) is -0.508. The molecule has 0 N–H and O–H groups in total. The van der Waals surface area contributed by atoms with E-state index in [1.54, 1.807) is 18.2 Å². The van der Waals surface area contributed by atoms with Gasteiger partial charge in [0.1, 0.15) is 5.58 Å². The second kappa shape index (κ2) is 7.43. The summed E-state index contributed by atoms with van der Waals surface area (Å²) in [7, 11) is -4.07. The molecule has 136 valence electrons. The van der Waals surface area contributed by atoms with Crippen LogP contribution in [-0.4, -0.2) is 14.3 Å². The quantitative estimate of drug-likeness (QED) is 0.639. The molecule has 2 aromatic carbocycles. The second-order valence-corrected chi connectivity index (χ2v) is 8.43. The van der Waals surface area contributed by atoms with E-state index < -0.39 is 20.9 Å². The Bertz CT molecular complexity index is 1080. The zero-order chi connectivity index (χ0) is 18.7. The van der Waals surface area contributed by atoms with Crippen molar-refractivity contribution in [3.05, 3.63) is 58.3 Å². The van der Waals surface area contributed by atoms with Crippen LogP contribution in [0.3, 0.4) is 0 Å². The van der Waals surface area contributed by atoms with Crippen LogP contribution in [0.1, 0.15) is 26.2 Å². The number of nitrogens with zero attached hydrogens (tertiary/aromatic N) is 1. The molecule has 1 aromatic heterocycles. The number of hydrogen-bond donors (Lipinski definition) is 0. The molecule has 0 saturated carbocycles. The van der Waals surface area contributed by atoms with Crippen molar-refractivity contribution in [2.24, 2.45) is 0 Å². The molecule has 26 heavy (non-hydrogen) atoms. The number of anilines is 1. The lowest BCUT2D eigenvalue weighted by Gasteiger charge is -2.22. The summed E-state index contributed by atoms with van der Waals surface area (Å²) < 4.78 is 32.5. The molecule has 0 bridgehead atoms. The summed E-state index contributed by atoms with van der Waals surface area (Å²) in [6.45, 7) is 1.93. The first-order valence-corrected chi connectivity index (χ1v) is 10.4. The molecule has 0 aliphatic carbocycles. The molecule has 0 radical (unpaired) electrons. The van der Waals surface area contributed by atoms with Gasteiger partial charge in [0.25, 0.3) is 10.0 Å². The number of fused-ring (bicyclic) bond motifs is 1. The van der Waals surface area contributed by atoms with Crippen molar-refractivity contribution in [2.45, 2.75) is 31.1 Å². The number of benzene rings is 2. The van der Waals surface area contributed by atoms with Crippen molar-refractivity contribution < 1.29 is 17.6 Å². The molecule has 8 heteroatoms. The average Bonchev–Trinajstić information content (AvgIpc) is 3.00. The third-order valence-electron chi connectivity index (χ3n) is 3.80. The first-order valence-electron chi connectivity index (χ1n) is 8.10. The Morgan fingerprint density at radius 2 is 1.88 bits per heavy atom. The molecule has 3 aromatic rings. The first-order chi connectivity index (χ1) is 12.4. The predicted octanol–water partition coefficient (Wildman–Crippen LogP) is 3.77. The molecule has 1 heterocycles. The fourth-order valence-corrected chi connectivity index (χ4v) is 4.70. The minimum absolute atomic E-state index is 0.0327. The number of carbonyl (C=O) groups excluding carboxylic acids is 1. The van der Waals surface area contributed by atoms with Crippen molar-refractivity contribution in [1.82, 2.24) is 0 Å². The summed E-state index contributed by atoms with van der Waals surface area (Å²) >= 11 is 0.865. The van der Waals surface area contributed by atoms with Crippen LogP contribution in [0.15, 0.2) is 62.6 Å². The Morgan fingerprint density at radius 1 is 1.15 bits per heavy atom. The highest BCUT2D eigenvalue weighted by Crippen LogP contribution is 2.29. The number of rotatable bonds is 6. The minimum atomic E-state index is -4.07. The molecule has 0 atom stereocenters. The van der Waals surface area contributed by atoms with E-state index in [1.165, 1.54) is 30.3 Å². The zero-order valence-electron chi connectivity index (χ0n) is 14.0. The van der Waals surface area contributed by atoms with Gasteiger partial charge in [-0.05, 0) is 36.8 Å². The summed E-state index contributed by atoms with van der Waals surface area (Å²) in [5, 5.41) is 0. The molecule has 0 aliphatic rings. The molecule has 0 fully saturated rings. The molecule has 3 rings (SSSR count). The lowest BCUT2D eigenvalue weighted by molar-refractivity contribution is -0.117. The van der Waals surface area contributed by atoms with Crippen molar-refractivity contribution in [2.75, 3.05) is 4.31 Å². The number of hydrogen-bond acceptors (Lipinski definition) is 6. The Morgan fingerprint density at radius 3 is 2.58 bits per heavy atom. The fourth-order valence-electron chi connectivity index (χ4n) is 2.53. The predicted molar refractivity (Wildman–Crippen MR) is 101 cm³/mol. The smallest absolute Gasteiger partial charge is 0.396 e. The lowest BCUT2D eigenvalue weighted by Crippen LogP contribution is -2.36. The maximum absolute atomic E-state index is 13.1. The van der Waals surface area contributed by atoms with Crippen LogP contribution in [0.5, 0.6) is 0 Å². The SMILES string of the molecule is CCCCC(=O)N(c1ccc2oc(=O)sc2c1)S(=O)(=O)c1ccccc1. The highest BCUT2D eigenvalue weighted by atomic mass is 32.2. The van der Waals surface area contributed by atoms with Gasteiger partial charge in [0.05, 0.1) is 15.3 Å². The molecular weight excluding hydrogens is 374 g/mol. The molecule has 6 nitrogen and oxygen atoms in total. The summed E-state index contributed by atoms with van der Waals surface area (Å²) in [6, 6.07) is 12.3. The Hall–Kier alpha value is -2.45. The second-order valence-electron chi connectivity index (χ2n) is 5.66. The average molecular weight is 391 g/mol. The Kier molecular flexibility index (Phi) is 5.24. The van der Waals surface area contributed by atoms with Crippen LogP contribution in [0.2, 0.25) is 0 Å². The van der Waals surface area contributed by atoms with E-state index in [1.807, 2.05) is 6.92 Å². The summed E-state index contributed by atoms with van der Waals surface area (Å²) in [4.78, 5) is 23.7. The molecular formula is C18H17NO5S2. The van der Waals surface area contributed by atoms with Crippen LogP contribution in [0.25, 0.3) is 10.3 Å². The normalized spacial score (nSPS) is 11.6. The van der Waals surface area contributed by atoms with Gasteiger partial charge in [0.15, 0.2) is 0 Å². The Labute approximate surface area is 154 Å². The van der Waals surface area contributed by atoms with E-state index in [0.717, 1.165) is 22.1 Å². The molecule has 0 saturated heterocycles. The van der Waals surface area contributed by atoms with Crippen LogP contribution < -0.4 is 9.24 Å². The maximum Gasteiger partial charge on any atom is 0.396 e.